The van der Waals surface area contributed by atoms with Crippen LogP contribution in [-0.4, -0.2) is 11.1 Å². The molecule has 0 saturated heterocycles. The smallest absolute Gasteiger partial charge is 0.305 e. The molecule has 1 aliphatic carbocycles. The quantitative estimate of drug-likeness (QED) is 0.800. The van der Waals surface area contributed by atoms with Crippen LogP contribution in [0, 0.1) is 0 Å². The van der Waals surface area contributed by atoms with E-state index < -0.39 is 5.97 Å². The Morgan fingerprint density at radius 2 is 2.43 bits per heavy atom. The molecule has 3 N–H and O–H groups in total. The average Bonchev–Trinajstić information content (AvgIpc) is 2.58. The van der Waals surface area contributed by atoms with Crippen LogP contribution < -0.4 is 5.73 Å². The van der Waals surface area contributed by atoms with E-state index in [0.717, 1.165) is 17.7 Å². The molecule has 1 unspecified atom stereocenters. The fraction of sp³-hybridized carbons (Fsp3) is 0.500. The van der Waals surface area contributed by atoms with Crippen LogP contribution in [0.2, 0.25) is 0 Å². The van der Waals surface area contributed by atoms with Gasteiger partial charge < -0.3 is 10.8 Å². The number of carboxylic acids is 1. The van der Waals surface area contributed by atoms with E-state index in [4.69, 9.17) is 10.8 Å². The fourth-order valence-corrected chi connectivity index (χ4v) is 3.08. The Morgan fingerprint density at radius 1 is 1.64 bits per heavy atom. The number of carboxylic acid groups (broad SMARTS) is 1. The van der Waals surface area contributed by atoms with Crippen molar-refractivity contribution >= 4 is 17.3 Å². The second-order valence-electron chi connectivity index (χ2n) is 3.66. The van der Waals surface area contributed by atoms with Gasteiger partial charge in [0, 0.05) is 15.8 Å². The molecule has 76 valence electrons. The Bertz CT molecular complexity index is 338. The van der Waals surface area contributed by atoms with Gasteiger partial charge in [0.25, 0.3) is 0 Å². The van der Waals surface area contributed by atoms with Gasteiger partial charge in [-0.05, 0) is 30.9 Å². The van der Waals surface area contributed by atoms with Gasteiger partial charge in [-0.1, -0.05) is 0 Å². The van der Waals surface area contributed by atoms with Crippen LogP contribution in [-0.2, 0) is 17.6 Å². The molecule has 0 aromatic carbocycles. The highest BCUT2D eigenvalue weighted by Crippen LogP contribution is 2.33. The summed E-state index contributed by atoms with van der Waals surface area (Å²) >= 11 is 1.68. The molecule has 2 rings (SSSR count). The van der Waals surface area contributed by atoms with Gasteiger partial charge in [0.1, 0.15) is 0 Å². The van der Waals surface area contributed by atoms with Gasteiger partial charge in [0.15, 0.2) is 0 Å². The van der Waals surface area contributed by atoms with E-state index in [-0.39, 0.29) is 12.5 Å². The van der Waals surface area contributed by atoms with Crippen LogP contribution in [0.1, 0.15) is 34.2 Å². The molecule has 0 aliphatic heterocycles. The van der Waals surface area contributed by atoms with Gasteiger partial charge >= 0.3 is 5.97 Å². The third-order valence-corrected chi connectivity index (χ3v) is 3.89. The molecule has 0 spiro atoms. The minimum Gasteiger partial charge on any atom is -0.481 e. The molecule has 14 heavy (non-hydrogen) atoms. The zero-order chi connectivity index (χ0) is 10.1. The minimum atomic E-state index is -0.828. The summed E-state index contributed by atoms with van der Waals surface area (Å²) in [5, 5.41) is 8.62. The Labute approximate surface area is 86.6 Å². The second-order valence-corrected chi connectivity index (χ2v) is 4.82. The van der Waals surface area contributed by atoms with Crippen LogP contribution in [0.4, 0.5) is 0 Å². The SMILES string of the molecule is NC(CC(=O)O)c1cc2c(s1)CCC2. The Balaban J connectivity index is 2.13. The van der Waals surface area contributed by atoms with E-state index in [9.17, 15) is 4.79 Å². The van der Waals surface area contributed by atoms with E-state index in [0.29, 0.717) is 0 Å². The lowest BCUT2D eigenvalue weighted by atomic mass is 10.1. The first-order valence-corrected chi connectivity index (χ1v) is 5.57. The average molecular weight is 211 g/mol. The summed E-state index contributed by atoms with van der Waals surface area (Å²) in [6.45, 7) is 0. The molecule has 3 nitrogen and oxygen atoms in total. The normalized spacial score (nSPS) is 16.6. The maximum Gasteiger partial charge on any atom is 0.305 e. The highest BCUT2D eigenvalue weighted by molar-refractivity contribution is 7.12. The molecule has 0 radical (unpaired) electrons. The van der Waals surface area contributed by atoms with Crippen LogP contribution >= 0.6 is 11.3 Å². The van der Waals surface area contributed by atoms with Crippen molar-refractivity contribution < 1.29 is 9.90 Å². The van der Waals surface area contributed by atoms with Gasteiger partial charge in [-0.15, -0.1) is 11.3 Å². The zero-order valence-corrected chi connectivity index (χ0v) is 8.64. The molecule has 4 heteroatoms. The van der Waals surface area contributed by atoms with Gasteiger partial charge in [-0.25, -0.2) is 0 Å². The van der Waals surface area contributed by atoms with Crippen molar-refractivity contribution in [3.8, 4) is 0 Å². The molecule has 0 amide bonds. The van der Waals surface area contributed by atoms with Crippen molar-refractivity contribution in [3.63, 3.8) is 0 Å². The molecule has 1 aromatic rings. The number of fused-ring (bicyclic) bond motifs is 1. The number of hydrogen-bond acceptors (Lipinski definition) is 3. The highest BCUT2D eigenvalue weighted by atomic mass is 32.1. The van der Waals surface area contributed by atoms with Crippen LogP contribution in [0.3, 0.4) is 0 Å². The number of nitrogens with two attached hydrogens (primary N) is 1. The summed E-state index contributed by atoms with van der Waals surface area (Å²) in [4.78, 5) is 12.9. The number of aliphatic carboxylic acids is 1. The monoisotopic (exact) mass is 211 g/mol. The van der Waals surface area contributed by atoms with E-state index in [2.05, 4.69) is 6.07 Å². The molecular weight excluding hydrogens is 198 g/mol. The lowest BCUT2D eigenvalue weighted by Gasteiger charge is -2.05. The van der Waals surface area contributed by atoms with Crippen molar-refractivity contribution in [2.24, 2.45) is 5.73 Å². The summed E-state index contributed by atoms with van der Waals surface area (Å²) in [5.74, 6) is -0.828. The van der Waals surface area contributed by atoms with Crippen molar-refractivity contribution in [3.05, 3.63) is 21.4 Å². The summed E-state index contributed by atoms with van der Waals surface area (Å²) in [6, 6.07) is 1.75. The lowest BCUT2D eigenvalue weighted by Crippen LogP contribution is -2.13. The highest BCUT2D eigenvalue weighted by Gasteiger charge is 2.19. The molecule has 1 aliphatic rings. The van der Waals surface area contributed by atoms with Crippen molar-refractivity contribution in [1.29, 1.82) is 0 Å². The van der Waals surface area contributed by atoms with Gasteiger partial charge in [0.2, 0.25) is 0 Å². The van der Waals surface area contributed by atoms with Gasteiger partial charge in [-0.2, -0.15) is 0 Å². The maximum atomic E-state index is 10.5. The van der Waals surface area contributed by atoms with E-state index >= 15 is 0 Å². The van der Waals surface area contributed by atoms with E-state index in [1.54, 1.807) is 11.3 Å². The van der Waals surface area contributed by atoms with Crippen molar-refractivity contribution in [2.45, 2.75) is 31.7 Å². The Kier molecular flexibility index (Phi) is 2.56. The molecule has 1 aromatic heterocycles. The maximum absolute atomic E-state index is 10.5. The van der Waals surface area contributed by atoms with E-state index in [1.165, 1.54) is 16.9 Å². The first-order valence-electron chi connectivity index (χ1n) is 4.75. The Hall–Kier alpha value is -0.870. The molecule has 1 heterocycles. The lowest BCUT2D eigenvalue weighted by molar-refractivity contribution is -0.137. The molecule has 0 bridgehead atoms. The second kappa shape index (κ2) is 3.71. The number of thiophene rings is 1. The number of aryl methyl sites for hydroxylation is 2. The third kappa shape index (κ3) is 1.81. The topological polar surface area (TPSA) is 63.3 Å². The zero-order valence-electron chi connectivity index (χ0n) is 7.82. The summed E-state index contributed by atoms with van der Waals surface area (Å²) in [5.41, 5.74) is 7.17. The largest absolute Gasteiger partial charge is 0.481 e. The third-order valence-electron chi connectivity index (χ3n) is 2.53. The van der Waals surface area contributed by atoms with Crippen LogP contribution in [0.25, 0.3) is 0 Å². The van der Waals surface area contributed by atoms with Crippen LogP contribution in [0.5, 0.6) is 0 Å². The fourth-order valence-electron chi connectivity index (χ4n) is 1.82. The predicted molar refractivity (Wildman–Crippen MR) is 55.5 cm³/mol. The molecular formula is C10H13NO2S. The van der Waals surface area contributed by atoms with E-state index in [1.807, 2.05) is 0 Å². The molecule has 0 fully saturated rings. The van der Waals surface area contributed by atoms with Crippen molar-refractivity contribution in [1.82, 2.24) is 0 Å². The molecule has 0 saturated carbocycles. The van der Waals surface area contributed by atoms with Gasteiger partial charge in [0.05, 0.1) is 6.42 Å². The van der Waals surface area contributed by atoms with Gasteiger partial charge in [-0.3, -0.25) is 4.79 Å². The summed E-state index contributed by atoms with van der Waals surface area (Å²) in [6.07, 6.45) is 3.53. The first kappa shape index (κ1) is 9.68. The standard InChI is InChI=1S/C10H13NO2S/c11-7(5-10(12)13)9-4-6-2-1-3-8(6)14-9/h4,7H,1-3,5,11H2,(H,12,13). The molecule has 1 atom stereocenters. The minimum absolute atomic E-state index is 0.0272. The summed E-state index contributed by atoms with van der Waals surface area (Å²) in [7, 11) is 0. The van der Waals surface area contributed by atoms with Crippen molar-refractivity contribution in [2.75, 3.05) is 0 Å². The summed E-state index contributed by atoms with van der Waals surface area (Å²) < 4.78 is 0. The number of hydrogen-bond donors (Lipinski definition) is 2. The van der Waals surface area contributed by atoms with Crippen LogP contribution in [0.15, 0.2) is 6.07 Å². The number of rotatable bonds is 3. The first-order chi connectivity index (χ1) is 6.66. The number of carbonyl (C=O) groups is 1. The Morgan fingerprint density at radius 3 is 3.07 bits per heavy atom. The predicted octanol–water partition coefficient (Wildman–Crippen LogP) is 1.71.